The number of aliphatic hydroxyl groups excluding tert-OH is 1. The van der Waals surface area contributed by atoms with E-state index in [4.69, 9.17) is 0 Å². The van der Waals surface area contributed by atoms with Crippen LogP contribution < -0.4 is 0 Å². The molecule has 4 saturated carbocycles. The third kappa shape index (κ3) is 3.41. The van der Waals surface area contributed by atoms with Crippen molar-refractivity contribution in [3.05, 3.63) is 0 Å². The molecule has 0 aromatic heterocycles. The van der Waals surface area contributed by atoms with Gasteiger partial charge in [-0.25, -0.2) is 0 Å². The van der Waals surface area contributed by atoms with E-state index in [-0.39, 0.29) is 23.2 Å². The van der Waals surface area contributed by atoms with Gasteiger partial charge in [0.05, 0.1) is 0 Å². The van der Waals surface area contributed by atoms with Gasteiger partial charge in [-0.15, -0.1) is 0 Å². The summed E-state index contributed by atoms with van der Waals surface area (Å²) in [5.74, 6) is 0.703. The van der Waals surface area contributed by atoms with Crippen molar-refractivity contribution in [2.75, 3.05) is 0 Å². The largest absolute Gasteiger partial charge is 0.387 e. The molecule has 1 unspecified atom stereocenters. The topological polar surface area (TPSA) is 60.7 Å². The predicted molar refractivity (Wildman–Crippen MR) is 122 cm³/mol. The number of hydrogen-bond donors (Lipinski definition) is 3. The molecule has 0 saturated heterocycles. The smallest absolute Gasteiger partial charge is 0.193 e. The molecule has 0 heterocycles. The van der Waals surface area contributed by atoms with Crippen molar-refractivity contribution in [1.29, 1.82) is 0 Å². The fourth-order valence-electron chi connectivity index (χ4n) is 9.55. The molecule has 4 aliphatic carbocycles. The first kappa shape index (κ1) is 23.1. The fourth-order valence-corrected chi connectivity index (χ4v) is 9.55. The van der Waals surface area contributed by atoms with E-state index >= 15 is 0 Å². The first-order valence-electron chi connectivity index (χ1n) is 13.2. The maximum atomic E-state index is 11.4. The van der Waals surface area contributed by atoms with E-state index in [1.54, 1.807) is 0 Å². The molecule has 0 spiro atoms. The Kier molecular flexibility index (Phi) is 6.17. The van der Waals surface area contributed by atoms with Gasteiger partial charge in [-0.2, -0.15) is 0 Å². The fraction of sp³-hybridized carbons (Fsp3) is 1.00. The van der Waals surface area contributed by atoms with Crippen LogP contribution in [0.25, 0.3) is 0 Å². The van der Waals surface area contributed by atoms with Gasteiger partial charge >= 0.3 is 0 Å². The Morgan fingerprint density at radius 2 is 1.60 bits per heavy atom. The monoisotopic (exact) mass is 420 g/mol. The SMILES string of the molecule is CC(C)CCC[C@@H](C)[C@H]1C(O)(O)C(O)[C@H]2[C@@H]3CC[C@@H]4CCCC[C@]4(C)[C@H]3CC[C@@]21C. The number of hydrogen-bond acceptors (Lipinski definition) is 3. The van der Waals surface area contributed by atoms with Crippen LogP contribution in [-0.2, 0) is 0 Å². The molecule has 4 aliphatic rings. The third-order valence-corrected chi connectivity index (χ3v) is 10.8. The van der Waals surface area contributed by atoms with E-state index in [1.807, 2.05) is 0 Å². The summed E-state index contributed by atoms with van der Waals surface area (Å²) >= 11 is 0. The highest BCUT2D eigenvalue weighted by atomic mass is 16.5. The maximum absolute atomic E-state index is 11.4. The minimum atomic E-state index is -1.95. The molecule has 3 heteroatoms. The molecule has 0 aliphatic heterocycles. The molecule has 30 heavy (non-hydrogen) atoms. The minimum Gasteiger partial charge on any atom is -0.387 e. The Morgan fingerprint density at radius 3 is 2.30 bits per heavy atom. The van der Waals surface area contributed by atoms with Crippen molar-refractivity contribution in [1.82, 2.24) is 0 Å². The zero-order chi connectivity index (χ0) is 21.9. The second kappa shape index (κ2) is 8.03. The Balaban J connectivity index is 1.60. The second-order valence-electron chi connectivity index (χ2n) is 12.9. The van der Waals surface area contributed by atoms with Crippen molar-refractivity contribution < 1.29 is 15.3 Å². The Bertz CT molecular complexity index is 615. The van der Waals surface area contributed by atoms with Crippen LogP contribution in [0.5, 0.6) is 0 Å². The summed E-state index contributed by atoms with van der Waals surface area (Å²) in [5.41, 5.74) is 0.232. The zero-order valence-electron chi connectivity index (χ0n) is 20.2. The average molecular weight is 421 g/mol. The summed E-state index contributed by atoms with van der Waals surface area (Å²) in [5, 5.41) is 33.9. The molecule has 9 atom stereocenters. The van der Waals surface area contributed by atoms with Crippen LogP contribution in [0, 0.1) is 52.3 Å². The van der Waals surface area contributed by atoms with Gasteiger partial charge in [0.1, 0.15) is 6.10 Å². The Morgan fingerprint density at radius 1 is 0.867 bits per heavy atom. The van der Waals surface area contributed by atoms with E-state index in [9.17, 15) is 15.3 Å². The molecular formula is C27H48O3. The molecule has 0 aromatic carbocycles. The molecule has 3 nitrogen and oxygen atoms in total. The van der Waals surface area contributed by atoms with Gasteiger partial charge in [0.15, 0.2) is 5.79 Å². The molecule has 0 aromatic rings. The van der Waals surface area contributed by atoms with Crippen molar-refractivity contribution in [2.24, 2.45) is 52.3 Å². The first-order chi connectivity index (χ1) is 14.0. The van der Waals surface area contributed by atoms with E-state index < -0.39 is 11.9 Å². The van der Waals surface area contributed by atoms with Gasteiger partial charge in [0, 0.05) is 5.92 Å². The van der Waals surface area contributed by atoms with Crippen molar-refractivity contribution in [3.63, 3.8) is 0 Å². The van der Waals surface area contributed by atoms with E-state index in [2.05, 4.69) is 34.6 Å². The first-order valence-corrected chi connectivity index (χ1v) is 13.2. The highest BCUT2D eigenvalue weighted by molar-refractivity contribution is 5.16. The lowest BCUT2D eigenvalue weighted by atomic mass is 9.44. The van der Waals surface area contributed by atoms with Gasteiger partial charge < -0.3 is 15.3 Å². The normalized spacial score (nSPS) is 48.7. The van der Waals surface area contributed by atoms with Gasteiger partial charge in [0.25, 0.3) is 0 Å². The molecule has 4 rings (SSSR count). The Labute approximate surface area is 185 Å². The number of fused-ring (bicyclic) bond motifs is 5. The summed E-state index contributed by atoms with van der Waals surface area (Å²) in [6, 6.07) is 0. The lowest BCUT2D eigenvalue weighted by Crippen LogP contribution is -2.54. The lowest BCUT2D eigenvalue weighted by Gasteiger charge is -2.60. The predicted octanol–water partition coefficient (Wildman–Crippen LogP) is 5.76. The molecule has 174 valence electrons. The van der Waals surface area contributed by atoms with Crippen LogP contribution in [-0.4, -0.2) is 27.2 Å². The van der Waals surface area contributed by atoms with Crippen LogP contribution >= 0.6 is 0 Å². The third-order valence-electron chi connectivity index (χ3n) is 10.8. The summed E-state index contributed by atoms with van der Waals surface area (Å²) in [4.78, 5) is 0. The van der Waals surface area contributed by atoms with Crippen LogP contribution in [0.2, 0.25) is 0 Å². The highest BCUT2D eigenvalue weighted by Crippen LogP contribution is 2.69. The maximum Gasteiger partial charge on any atom is 0.193 e. The van der Waals surface area contributed by atoms with Crippen LogP contribution in [0.1, 0.15) is 105 Å². The second-order valence-corrected chi connectivity index (χ2v) is 12.9. The number of aliphatic hydroxyl groups is 3. The standard InChI is InChI=1S/C27H48O3/c1-17(2)9-8-10-18(3)23-26(5)16-14-21-20(22(26)24(28)27(23,29)30)13-12-19-11-6-7-15-25(19,21)4/h17-24,28-30H,6-16H2,1-5H3/t18-,19+,20-,21+,22-,23-,24?,25+,26+/m1/s1. The lowest BCUT2D eigenvalue weighted by molar-refractivity contribution is -0.252. The zero-order valence-corrected chi connectivity index (χ0v) is 20.2. The molecule has 0 amide bonds. The van der Waals surface area contributed by atoms with E-state index in [0.29, 0.717) is 23.2 Å². The van der Waals surface area contributed by atoms with Crippen molar-refractivity contribution >= 4 is 0 Å². The molecule has 0 radical (unpaired) electrons. The molecule has 4 fully saturated rings. The minimum absolute atomic E-state index is 0.0310. The van der Waals surface area contributed by atoms with Crippen LogP contribution in [0.4, 0.5) is 0 Å². The summed E-state index contributed by atoms with van der Waals surface area (Å²) in [7, 11) is 0. The summed E-state index contributed by atoms with van der Waals surface area (Å²) in [6.07, 6.45) is 12.5. The average Bonchev–Trinajstić information content (AvgIpc) is 2.82. The van der Waals surface area contributed by atoms with E-state index in [1.165, 1.54) is 51.4 Å². The molecule has 0 bridgehead atoms. The van der Waals surface area contributed by atoms with Gasteiger partial charge in [-0.05, 0) is 84.9 Å². The van der Waals surface area contributed by atoms with Gasteiger partial charge in [0.2, 0.25) is 0 Å². The Hall–Kier alpha value is -0.120. The van der Waals surface area contributed by atoms with E-state index in [0.717, 1.165) is 25.2 Å². The van der Waals surface area contributed by atoms with Crippen LogP contribution in [0.15, 0.2) is 0 Å². The van der Waals surface area contributed by atoms with Gasteiger partial charge in [-0.1, -0.05) is 66.7 Å². The summed E-state index contributed by atoms with van der Waals surface area (Å²) in [6.45, 7) is 11.6. The van der Waals surface area contributed by atoms with Gasteiger partial charge in [-0.3, -0.25) is 0 Å². The molecular weight excluding hydrogens is 372 g/mol. The number of rotatable bonds is 5. The summed E-state index contributed by atoms with van der Waals surface area (Å²) < 4.78 is 0. The van der Waals surface area contributed by atoms with Crippen LogP contribution in [0.3, 0.4) is 0 Å². The highest BCUT2D eigenvalue weighted by Gasteiger charge is 2.70. The van der Waals surface area contributed by atoms with Crippen molar-refractivity contribution in [2.45, 2.75) is 117 Å². The molecule has 3 N–H and O–H groups in total. The quantitative estimate of drug-likeness (QED) is 0.496. The van der Waals surface area contributed by atoms with Crippen molar-refractivity contribution in [3.8, 4) is 0 Å².